The molecule has 0 fully saturated rings. The first-order chi connectivity index (χ1) is 6.90. The van der Waals surface area contributed by atoms with Crippen molar-refractivity contribution < 1.29 is 34.6 Å². The first-order valence-electron chi connectivity index (χ1n) is 4.25. The quantitative estimate of drug-likeness (QED) is 0.408. The molecule has 0 aromatic carbocycles. The van der Waals surface area contributed by atoms with E-state index >= 15 is 0 Å². The molecule has 0 aromatic rings. The van der Waals surface area contributed by atoms with E-state index in [2.05, 4.69) is 4.18 Å². The van der Waals surface area contributed by atoms with Gasteiger partial charge in [0.05, 0.1) is 21.1 Å². The molecule has 4 nitrogen and oxygen atoms in total. The zero-order valence-electron chi connectivity index (χ0n) is 9.08. The van der Waals surface area contributed by atoms with Crippen molar-refractivity contribution in [3.8, 4) is 0 Å². The van der Waals surface area contributed by atoms with Gasteiger partial charge in [0.25, 0.3) is 0 Å². The molecular weight excluding hydrogens is 254 g/mol. The summed E-state index contributed by atoms with van der Waals surface area (Å²) in [4.78, 5) is 0. The topological polar surface area (TPSA) is 43.4 Å². The van der Waals surface area contributed by atoms with E-state index in [0.29, 0.717) is 0 Å². The Labute approximate surface area is 91.5 Å². The van der Waals surface area contributed by atoms with Crippen LogP contribution in [-0.2, 0) is 14.3 Å². The van der Waals surface area contributed by atoms with Gasteiger partial charge in [-0.25, -0.2) is 8.78 Å². The van der Waals surface area contributed by atoms with E-state index in [1.165, 1.54) is 0 Å². The minimum absolute atomic E-state index is 0.0958. The largest absolute Gasteiger partial charge is 0.428 e. The lowest BCUT2D eigenvalue weighted by molar-refractivity contribution is -0.870. The predicted octanol–water partition coefficient (Wildman–Crippen LogP) is 0.897. The van der Waals surface area contributed by atoms with Crippen molar-refractivity contribution in [1.29, 1.82) is 0 Å². The molecule has 0 aromatic heterocycles. The van der Waals surface area contributed by atoms with Gasteiger partial charge >= 0.3 is 21.8 Å². The van der Waals surface area contributed by atoms with Crippen LogP contribution in [0.15, 0.2) is 0 Å². The summed E-state index contributed by atoms with van der Waals surface area (Å²) in [6.07, 6.45) is -4.30. The normalized spacial score (nSPS) is 14.5. The number of alkyl halides is 4. The highest BCUT2D eigenvalue weighted by Crippen LogP contribution is 2.30. The third-order valence-corrected chi connectivity index (χ3v) is 2.91. The van der Waals surface area contributed by atoms with Gasteiger partial charge in [-0.15, -0.1) is 0 Å². The summed E-state index contributed by atoms with van der Waals surface area (Å²) < 4.78 is 74.0. The maximum Gasteiger partial charge on any atom is 0.428 e. The predicted molar refractivity (Wildman–Crippen MR) is 48.7 cm³/mol. The zero-order chi connectivity index (χ0) is 13.2. The number of hydrogen-bond donors (Lipinski definition) is 0. The van der Waals surface area contributed by atoms with Crippen LogP contribution < -0.4 is 0 Å². The summed E-state index contributed by atoms with van der Waals surface area (Å²) in [6, 6.07) is 0. The van der Waals surface area contributed by atoms with Gasteiger partial charge in [0.2, 0.25) is 0 Å². The fourth-order valence-electron chi connectivity index (χ4n) is 0.609. The van der Waals surface area contributed by atoms with Crippen LogP contribution in [0.2, 0.25) is 0 Å². The molecular formula is C7H14F4NO3S+. The molecule has 98 valence electrons. The number of likely N-dealkylation sites (N-methyl/N-ethyl adjacent to an activating group) is 1. The maximum absolute atomic E-state index is 12.5. The standard InChI is InChI=1S/C7H14F4NO3S/c1-12(2,3)4-5-15-16(13,14)7(10,11)6(8)9/h6H,4-5H2,1-3H3/q+1. The summed E-state index contributed by atoms with van der Waals surface area (Å²) in [7, 11) is -0.571. The van der Waals surface area contributed by atoms with Gasteiger partial charge in [-0.3, -0.25) is 4.18 Å². The number of nitrogens with zero attached hydrogens (tertiary/aromatic N) is 1. The minimum atomic E-state index is -5.57. The molecule has 0 atom stereocenters. The minimum Gasteiger partial charge on any atom is -0.329 e. The highest BCUT2D eigenvalue weighted by molar-refractivity contribution is 7.87. The Morgan fingerprint density at radius 3 is 2.00 bits per heavy atom. The summed E-state index contributed by atoms with van der Waals surface area (Å²) in [5.41, 5.74) is 0. The van der Waals surface area contributed by atoms with E-state index in [1.54, 1.807) is 21.1 Å². The summed E-state index contributed by atoms with van der Waals surface area (Å²) in [6.45, 7) is -0.479. The van der Waals surface area contributed by atoms with Crippen LogP contribution in [0.25, 0.3) is 0 Å². The molecule has 0 N–H and O–H groups in total. The van der Waals surface area contributed by atoms with Crippen molar-refractivity contribution in [3.05, 3.63) is 0 Å². The molecule has 0 heterocycles. The van der Waals surface area contributed by atoms with E-state index in [4.69, 9.17) is 0 Å². The van der Waals surface area contributed by atoms with Crippen molar-refractivity contribution >= 4 is 10.1 Å². The molecule has 16 heavy (non-hydrogen) atoms. The van der Waals surface area contributed by atoms with Gasteiger partial charge in [0, 0.05) is 0 Å². The second kappa shape index (κ2) is 4.84. The van der Waals surface area contributed by atoms with Crippen molar-refractivity contribution in [2.24, 2.45) is 0 Å². The fourth-order valence-corrected chi connectivity index (χ4v) is 1.28. The zero-order valence-corrected chi connectivity index (χ0v) is 9.90. The van der Waals surface area contributed by atoms with Gasteiger partial charge in [-0.2, -0.15) is 17.2 Å². The van der Waals surface area contributed by atoms with E-state index < -0.39 is 28.4 Å². The van der Waals surface area contributed by atoms with Gasteiger partial charge in [-0.1, -0.05) is 0 Å². The molecule has 0 saturated heterocycles. The van der Waals surface area contributed by atoms with E-state index in [1.807, 2.05) is 0 Å². The van der Waals surface area contributed by atoms with Crippen molar-refractivity contribution in [2.75, 3.05) is 34.3 Å². The number of halogens is 4. The maximum atomic E-state index is 12.5. The monoisotopic (exact) mass is 268 g/mol. The molecule has 0 amide bonds. The van der Waals surface area contributed by atoms with Gasteiger partial charge in [-0.05, 0) is 0 Å². The molecule has 0 unspecified atom stereocenters. The van der Waals surface area contributed by atoms with Crippen LogP contribution in [0.3, 0.4) is 0 Å². The molecule has 0 spiro atoms. The highest BCUT2D eigenvalue weighted by atomic mass is 32.2. The number of quaternary nitrogens is 1. The summed E-state index contributed by atoms with van der Waals surface area (Å²) in [5.74, 6) is 0. The SMILES string of the molecule is C[N+](C)(C)CCOS(=O)(=O)C(F)(F)C(F)F. The average Bonchev–Trinajstić information content (AvgIpc) is 2.00. The lowest BCUT2D eigenvalue weighted by Crippen LogP contribution is -2.41. The Morgan fingerprint density at radius 2 is 1.69 bits per heavy atom. The second-order valence-corrected chi connectivity index (χ2v) is 5.84. The Morgan fingerprint density at radius 1 is 1.25 bits per heavy atom. The average molecular weight is 268 g/mol. The molecule has 0 aliphatic rings. The lowest BCUT2D eigenvalue weighted by atomic mass is 10.5. The van der Waals surface area contributed by atoms with Crippen molar-refractivity contribution in [1.82, 2.24) is 0 Å². The van der Waals surface area contributed by atoms with Crippen LogP contribution in [0.1, 0.15) is 0 Å². The van der Waals surface area contributed by atoms with Gasteiger partial charge in [0.1, 0.15) is 13.2 Å². The fraction of sp³-hybridized carbons (Fsp3) is 1.00. The summed E-state index contributed by atoms with van der Waals surface area (Å²) in [5, 5.41) is -5.17. The Hall–Kier alpha value is -0.410. The molecule has 0 aliphatic heterocycles. The first-order valence-corrected chi connectivity index (χ1v) is 5.66. The van der Waals surface area contributed by atoms with Crippen LogP contribution in [0, 0.1) is 0 Å². The van der Waals surface area contributed by atoms with E-state index in [-0.39, 0.29) is 11.0 Å². The Bertz CT molecular complexity index is 323. The second-order valence-electron chi connectivity index (χ2n) is 4.15. The smallest absolute Gasteiger partial charge is 0.329 e. The Balaban J connectivity index is 4.49. The third kappa shape index (κ3) is 4.22. The van der Waals surface area contributed by atoms with Crippen molar-refractivity contribution in [3.63, 3.8) is 0 Å². The van der Waals surface area contributed by atoms with Crippen LogP contribution >= 0.6 is 0 Å². The first kappa shape index (κ1) is 15.6. The molecule has 0 radical (unpaired) electrons. The number of hydrogen-bond acceptors (Lipinski definition) is 3. The molecule has 0 saturated carbocycles. The lowest BCUT2D eigenvalue weighted by Gasteiger charge is -2.24. The van der Waals surface area contributed by atoms with Crippen molar-refractivity contribution in [2.45, 2.75) is 11.7 Å². The summed E-state index contributed by atoms with van der Waals surface area (Å²) >= 11 is 0. The van der Waals surface area contributed by atoms with Gasteiger partial charge < -0.3 is 4.48 Å². The van der Waals surface area contributed by atoms with Crippen LogP contribution in [0.5, 0.6) is 0 Å². The molecule has 0 bridgehead atoms. The Kier molecular flexibility index (Phi) is 4.72. The molecule has 0 aliphatic carbocycles. The van der Waals surface area contributed by atoms with Gasteiger partial charge in [0.15, 0.2) is 0 Å². The highest BCUT2D eigenvalue weighted by Gasteiger charge is 2.55. The van der Waals surface area contributed by atoms with Crippen LogP contribution in [-0.4, -0.2) is 58.9 Å². The van der Waals surface area contributed by atoms with E-state index in [0.717, 1.165) is 0 Å². The third-order valence-electron chi connectivity index (χ3n) is 1.59. The molecule has 0 rings (SSSR count). The number of rotatable bonds is 6. The molecule has 9 heteroatoms. The van der Waals surface area contributed by atoms with E-state index in [9.17, 15) is 26.0 Å². The van der Waals surface area contributed by atoms with Crippen LogP contribution in [0.4, 0.5) is 17.6 Å².